The molecule has 1 aliphatic carbocycles. The van der Waals surface area contributed by atoms with E-state index in [2.05, 4.69) is 0 Å². The molecule has 1 aliphatic rings. The maximum absolute atomic E-state index is 12.1. The molecule has 0 heterocycles. The molecule has 5 heteroatoms. The highest BCUT2D eigenvalue weighted by molar-refractivity contribution is 7.52. The van der Waals surface area contributed by atoms with Gasteiger partial charge in [0.15, 0.2) is 0 Å². The Balaban J connectivity index is 2.76. The minimum atomic E-state index is -1.59. The first-order chi connectivity index (χ1) is 8.70. The van der Waals surface area contributed by atoms with Crippen LogP contribution in [0.5, 0.6) is 0 Å². The number of ether oxygens (including phenoxy) is 2. The van der Waals surface area contributed by atoms with E-state index >= 15 is 0 Å². The highest BCUT2D eigenvalue weighted by Gasteiger charge is 2.27. The van der Waals surface area contributed by atoms with E-state index in [1.807, 2.05) is 6.92 Å². The molecule has 2 unspecified atom stereocenters. The van der Waals surface area contributed by atoms with Gasteiger partial charge in [0.1, 0.15) is 17.4 Å². The van der Waals surface area contributed by atoms with Crippen molar-refractivity contribution >= 4 is 19.0 Å². The highest BCUT2D eigenvalue weighted by Crippen LogP contribution is 2.24. The van der Waals surface area contributed by atoms with E-state index in [9.17, 15) is 9.69 Å². The second-order valence-corrected chi connectivity index (χ2v) is 5.42. The molecule has 4 nitrogen and oxygen atoms in total. The zero-order valence-corrected chi connectivity index (χ0v) is 11.7. The van der Waals surface area contributed by atoms with Gasteiger partial charge in [0.05, 0.1) is 21.0 Å². The zero-order chi connectivity index (χ0) is 13.4. The number of rotatable bonds is 6. The van der Waals surface area contributed by atoms with Gasteiger partial charge in [-0.2, -0.15) is 0 Å². The van der Waals surface area contributed by atoms with Crippen molar-refractivity contribution in [2.75, 3.05) is 26.0 Å². The van der Waals surface area contributed by atoms with Crippen LogP contribution in [0.4, 0.5) is 0 Å². The molecular formula is C13H19O4P. The van der Waals surface area contributed by atoms with E-state index in [0.29, 0.717) is 31.3 Å². The predicted molar refractivity (Wildman–Crippen MR) is 71.7 cm³/mol. The van der Waals surface area contributed by atoms with Crippen LogP contribution in [0.15, 0.2) is 24.3 Å². The molecule has 18 heavy (non-hydrogen) atoms. The van der Waals surface area contributed by atoms with Crippen LogP contribution >= 0.6 is 7.77 Å². The molecule has 0 N–H and O–H groups in total. The van der Waals surface area contributed by atoms with Crippen LogP contribution in [0.2, 0.25) is 0 Å². The van der Waals surface area contributed by atoms with Gasteiger partial charge in [0.25, 0.3) is 0 Å². The third kappa shape index (κ3) is 4.37. The molecular weight excluding hydrogens is 251 g/mol. The molecule has 1 rings (SSSR count). The first-order valence-corrected chi connectivity index (χ1v) is 7.56. The van der Waals surface area contributed by atoms with E-state index in [4.69, 9.17) is 9.47 Å². The molecule has 0 radical (unpaired) electrons. The average Bonchev–Trinajstić information content (AvgIpc) is 2.39. The van der Waals surface area contributed by atoms with Crippen LogP contribution in [-0.2, 0) is 14.3 Å². The summed E-state index contributed by atoms with van der Waals surface area (Å²) in [4.78, 5) is 23.9. The first-order valence-electron chi connectivity index (χ1n) is 6.11. The number of hydrogen-bond donors (Lipinski definition) is 0. The van der Waals surface area contributed by atoms with Crippen LogP contribution in [-0.4, -0.2) is 37.2 Å². The summed E-state index contributed by atoms with van der Waals surface area (Å²) in [5, 5.41) is 0.630. The summed E-state index contributed by atoms with van der Waals surface area (Å²) in [6.45, 7) is 5.04. The zero-order valence-electron chi connectivity index (χ0n) is 10.8. The predicted octanol–water partition coefficient (Wildman–Crippen LogP) is 1.26. The van der Waals surface area contributed by atoms with Crippen molar-refractivity contribution in [3.8, 4) is 0 Å². The Labute approximate surface area is 109 Å². The van der Waals surface area contributed by atoms with Crippen molar-refractivity contribution in [3.63, 3.8) is 0 Å². The Morgan fingerprint density at radius 2 is 2.17 bits per heavy atom. The van der Waals surface area contributed by atoms with Gasteiger partial charge in [-0.15, -0.1) is 0 Å². The van der Waals surface area contributed by atoms with Gasteiger partial charge in [-0.1, -0.05) is 18.2 Å². The topological polar surface area (TPSA) is 58.6 Å². The summed E-state index contributed by atoms with van der Waals surface area (Å²) in [7, 11) is -1.59. The summed E-state index contributed by atoms with van der Waals surface area (Å²) in [6.07, 6.45) is 7.47. The fourth-order valence-electron chi connectivity index (χ4n) is 1.62. The van der Waals surface area contributed by atoms with Crippen molar-refractivity contribution < 1.29 is 19.2 Å². The second kappa shape index (κ2) is 8.20. The van der Waals surface area contributed by atoms with Gasteiger partial charge < -0.3 is 14.4 Å². The normalized spacial score (nSPS) is 20.9. The lowest BCUT2D eigenvalue weighted by Crippen LogP contribution is -2.26. The van der Waals surface area contributed by atoms with E-state index in [1.54, 1.807) is 31.2 Å². The van der Waals surface area contributed by atoms with E-state index < -0.39 is 13.7 Å². The van der Waals surface area contributed by atoms with Crippen molar-refractivity contribution in [1.82, 2.24) is 0 Å². The first kappa shape index (κ1) is 15.1. The number of esters is 1. The third-order valence-electron chi connectivity index (χ3n) is 2.47. The van der Waals surface area contributed by atoms with Gasteiger partial charge >= 0.3 is 5.97 Å². The number of carbonyl (C=O) groups excluding carboxylic acids is 1. The second-order valence-electron chi connectivity index (χ2n) is 3.70. The van der Waals surface area contributed by atoms with Crippen LogP contribution < -0.4 is 4.89 Å². The van der Waals surface area contributed by atoms with Crippen LogP contribution in [0.3, 0.4) is 0 Å². The molecule has 100 valence electrons. The summed E-state index contributed by atoms with van der Waals surface area (Å²) in [5.41, 5.74) is 0. The molecule has 0 amide bonds. The molecule has 0 aromatic heterocycles. The van der Waals surface area contributed by atoms with Gasteiger partial charge in [-0.3, -0.25) is 4.79 Å². The average molecular weight is 270 g/mol. The Hall–Kier alpha value is -0.960. The quantitative estimate of drug-likeness (QED) is 0.414. The smallest absolute Gasteiger partial charge is 0.321 e. The van der Waals surface area contributed by atoms with Crippen molar-refractivity contribution in [3.05, 3.63) is 24.3 Å². The summed E-state index contributed by atoms with van der Waals surface area (Å²) >= 11 is 0. The highest BCUT2D eigenvalue weighted by atomic mass is 31.1. The lowest BCUT2D eigenvalue weighted by Gasteiger charge is -2.14. The fraction of sp³-hybridized carbons (Fsp3) is 0.538. The minimum Gasteiger partial charge on any atom is -0.630 e. The molecule has 0 saturated carbocycles. The van der Waals surface area contributed by atoms with Crippen LogP contribution in [0.25, 0.3) is 0 Å². The molecule has 0 spiro atoms. The van der Waals surface area contributed by atoms with Gasteiger partial charge in [-0.05, 0) is 19.9 Å². The Kier molecular flexibility index (Phi) is 6.88. The van der Waals surface area contributed by atoms with Crippen LogP contribution in [0, 0.1) is 5.92 Å². The summed E-state index contributed by atoms with van der Waals surface area (Å²) < 4.78 is 10.2. The summed E-state index contributed by atoms with van der Waals surface area (Å²) in [6, 6.07) is 0. The number of allylic oxidation sites excluding steroid dienone is 3. The maximum Gasteiger partial charge on any atom is 0.321 e. The molecule has 0 fully saturated rings. The SMILES string of the molecule is CCOCC[P+]([O-])=C1C=CC=CC1C(=O)OCC. The van der Waals surface area contributed by atoms with Gasteiger partial charge in [0.2, 0.25) is 0 Å². The van der Waals surface area contributed by atoms with Crippen molar-refractivity contribution in [2.24, 2.45) is 5.92 Å². The van der Waals surface area contributed by atoms with Crippen LogP contribution in [0.1, 0.15) is 13.8 Å². The minimum absolute atomic E-state index is 0.329. The lowest BCUT2D eigenvalue weighted by atomic mass is 10.0. The Morgan fingerprint density at radius 1 is 1.39 bits per heavy atom. The van der Waals surface area contributed by atoms with Crippen molar-refractivity contribution in [2.45, 2.75) is 13.8 Å². The molecule has 0 aliphatic heterocycles. The van der Waals surface area contributed by atoms with E-state index in [-0.39, 0.29) is 5.97 Å². The van der Waals surface area contributed by atoms with Crippen molar-refractivity contribution in [1.29, 1.82) is 0 Å². The molecule has 0 aromatic carbocycles. The van der Waals surface area contributed by atoms with Gasteiger partial charge in [-0.25, -0.2) is 0 Å². The maximum atomic E-state index is 12.1. The number of hydrogen-bond acceptors (Lipinski definition) is 4. The van der Waals surface area contributed by atoms with E-state index in [1.165, 1.54) is 0 Å². The summed E-state index contributed by atoms with van der Waals surface area (Å²) in [5.74, 6) is -0.854. The van der Waals surface area contributed by atoms with Gasteiger partial charge in [0, 0.05) is 6.61 Å². The van der Waals surface area contributed by atoms with E-state index in [0.717, 1.165) is 0 Å². The molecule has 2 atom stereocenters. The molecule has 0 aromatic rings. The molecule has 0 bridgehead atoms. The lowest BCUT2D eigenvalue weighted by molar-refractivity contribution is -0.154. The standard InChI is InChI=1S/C13H19O4P/c1-3-16-9-10-18(15)12-8-6-5-7-11(12)13(14)17-4-2/h5-8,11H,3-4,9-10H2,1-2H3. The largest absolute Gasteiger partial charge is 0.630 e. The Bertz CT molecular complexity index is 371. The molecule has 0 saturated heterocycles. The fourth-order valence-corrected chi connectivity index (χ4v) is 2.93. The Morgan fingerprint density at radius 3 is 2.83 bits per heavy atom. The number of carbonyl (C=O) groups is 1. The third-order valence-corrected chi connectivity index (χ3v) is 4.06. The monoisotopic (exact) mass is 270 g/mol.